The summed E-state index contributed by atoms with van der Waals surface area (Å²) in [6.07, 6.45) is 3.61. The Labute approximate surface area is 202 Å². The summed E-state index contributed by atoms with van der Waals surface area (Å²) < 4.78 is 0. The van der Waals surface area contributed by atoms with Crippen LogP contribution in [0.4, 0.5) is 0 Å². The number of nitrogens with zero attached hydrogens (tertiary/aromatic N) is 1. The zero-order chi connectivity index (χ0) is 25.0. The molecule has 2 fully saturated rings. The molecule has 1 unspecified atom stereocenters. The van der Waals surface area contributed by atoms with Gasteiger partial charge in [0, 0.05) is 30.6 Å². The summed E-state index contributed by atoms with van der Waals surface area (Å²) in [5.74, 6) is -1.66. The van der Waals surface area contributed by atoms with Crippen LogP contribution in [0.1, 0.15) is 75.7 Å². The molecule has 186 valence electrons. The Balaban J connectivity index is 1.61. The quantitative estimate of drug-likeness (QED) is 0.411. The Morgan fingerprint density at radius 3 is 2.29 bits per heavy atom. The van der Waals surface area contributed by atoms with E-state index in [1.54, 1.807) is 19.1 Å². The second kappa shape index (κ2) is 10.7. The van der Waals surface area contributed by atoms with Crippen molar-refractivity contribution in [3.05, 3.63) is 35.4 Å². The van der Waals surface area contributed by atoms with Crippen molar-refractivity contribution in [2.45, 2.75) is 77.3 Å². The molecular weight excluding hydrogens is 432 g/mol. The maximum atomic E-state index is 13.1. The number of amides is 4. The summed E-state index contributed by atoms with van der Waals surface area (Å²) >= 11 is 0. The SMILES string of the molecule is C[C@H](NC(=O)c1ccc(C(C)(C)C)cc1)C(C[NH3+])C(=O)N[C@@H]1CCCC[C@@H]1C(=O)N1CCC1=O. The summed E-state index contributed by atoms with van der Waals surface area (Å²) in [6, 6.07) is 6.78. The first-order valence-electron chi connectivity index (χ1n) is 12.4. The highest BCUT2D eigenvalue weighted by atomic mass is 16.2. The monoisotopic (exact) mass is 471 g/mol. The molecule has 2 aliphatic rings. The molecule has 0 radical (unpaired) electrons. The van der Waals surface area contributed by atoms with Crippen molar-refractivity contribution in [2.24, 2.45) is 11.8 Å². The van der Waals surface area contributed by atoms with Crippen molar-refractivity contribution in [1.82, 2.24) is 15.5 Å². The molecule has 0 spiro atoms. The van der Waals surface area contributed by atoms with E-state index in [-0.39, 0.29) is 41.0 Å². The zero-order valence-corrected chi connectivity index (χ0v) is 20.9. The molecular formula is C26H39N4O4+. The van der Waals surface area contributed by atoms with E-state index in [1.165, 1.54) is 4.90 Å². The van der Waals surface area contributed by atoms with Gasteiger partial charge in [-0.25, -0.2) is 0 Å². The largest absolute Gasteiger partial charge is 0.357 e. The second-order valence-corrected chi connectivity index (χ2v) is 10.6. The van der Waals surface area contributed by atoms with Crippen LogP contribution in [0.3, 0.4) is 0 Å². The van der Waals surface area contributed by atoms with Crippen molar-refractivity contribution in [2.75, 3.05) is 13.1 Å². The molecule has 8 heteroatoms. The maximum Gasteiger partial charge on any atom is 0.251 e. The minimum Gasteiger partial charge on any atom is -0.357 e. The molecule has 4 amide bonds. The van der Waals surface area contributed by atoms with Gasteiger partial charge >= 0.3 is 0 Å². The first-order chi connectivity index (χ1) is 16.0. The van der Waals surface area contributed by atoms with Crippen LogP contribution in [0.25, 0.3) is 0 Å². The lowest BCUT2D eigenvalue weighted by Crippen LogP contribution is -2.63. The molecule has 0 bridgehead atoms. The molecule has 1 heterocycles. The summed E-state index contributed by atoms with van der Waals surface area (Å²) in [7, 11) is 0. The highest BCUT2D eigenvalue weighted by Crippen LogP contribution is 2.28. The minimum absolute atomic E-state index is 0.000655. The summed E-state index contributed by atoms with van der Waals surface area (Å²) in [6.45, 7) is 8.94. The molecule has 1 aromatic rings. The molecule has 1 aliphatic heterocycles. The van der Waals surface area contributed by atoms with Gasteiger partial charge in [0.15, 0.2) is 0 Å². The number of quaternary nitrogens is 1. The summed E-state index contributed by atoms with van der Waals surface area (Å²) in [5.41, 5.74) is 5.61. The number of rotatable bonds is 7. The molecule has 8 nitrogen and oxygen atoms in total. The fraction of sp³-hybridized carbons (Fsp3) is 0.615. The van der Waals surface area contributed by atoms with Crippen LogP contribution < -0.4 is 16.4 Å². The number of carbonyl (C=O) groups is 4. The number of β-lactam (4-membered cyclic amide) rings is 1. The van der Waals surface area contributed by atoms with Crippen molar-refractivity contribution in [3.63, 3.8) is 0 Å². The van der Waals surface area contributed by atoms with Gasteiger partial charge in [0.1, 0.15) is 5.92 Å². The highest BCUT2D eigenvalue weighted by molar-refractivity contribution is 6.00. The lowest BCUT2D eigenvalue weighted by molar-refractivity contribution is -0.376. The van der Waals surface area contributed by atoms with Crippen LogP contribution >= 0.6 is 0 Å². The first-order valence-corrected chi connectivity index (χ1v) is 12.4. The molecule has 1 aliphatic carbocycles. The van der Waals surface area contributed by atoms with Gasteiger partial charge in [-0.3, -0.25) is 24.1 Å². The van der Waals surface area contributed by atoms with Crippen molar-refractivity contribution in [3.8, 4) is 0 Å². The lowest BCUT2D eigenvalue weighted by Gasteiger charge is -2.38. The van der Waals surface area contributed by atoms with Crippen LogP contribution in [0, 0.1) is 11.8 Å². The predicted octanol–water partition coefficient (Wildman–Crippen LogP) is 1.39. The lowest BCUT2D eigenvalue weighted by atomic mass is 9.82. The number of hydrogen-bond donors (Lipinski definition) is 3. The number of carbonyl (C=O) groups excluding carboxylic acids is 4. The maximum absolute atomic E-state index is 13.1. The number of nitrogens with one attached hydrogen (secondary N) is 2. The Hall–Kier alpha value is -2.74. The molecule has 0 aromatic heterocycles. The van der Waals surface area contributed by atoms with Gasteiger partial charge in [-0.05, 0) is 42.9 Å². The van der Waals surface area contributed by atoms with Crippen LogP contribution in [-0.4, -0.2) is 53.7 Å². The standard InChI is InChI=1S/C26H38N4O4/c1-16(28-23(32)17-9-11-18(12-10-17)26(2,3)4)20(15-27)24(33)29-21-8-6-5-7-19(21)25(34)30-14-13-22(30)31/h9-12,16,19-21H,5-8,13-15,27H2,1-4H3,(H,28,32)(H,29,33)/p+1/t16-,19-,20?,21+/m0/s1. The third kappa shape index (κ3) is 5.84. The third-order valence-electron chi connectivity index (χ3n) is 7.15. The average molecular weight is 472 g/mol. The van der Waals surface area contributed by atoms with E-state index < -0.39 is 12.0 Å². The van der Waals surface area contributed by atoms with Gasteiger partial charge in [-0.15, -0.1) is 0 Å². The predicted molar refractivity (Wildman–Crippen MR) is 129 cm³/mol. The van der Waals surface area contributed by atoms with E-state index in [9.17, 15) is 19.2 Å². The third-order valence-corrected chi connectivity index (χ3v) is 7.15. The van der Waals surface area contributed by atoms with Gasteiger partial charge in [-0.1, -0.05) is 45.7 Å². The Bertz CT molecular complexity index is 922. The highest BCUT2D eigenvalue weighted by Gasteiger charge is 2.40. The molecule has 4 atom stereocenters. The van der Waals surface area contributed by atoms with Crippen LogP contribution in [-0.2, 0) is 19.8 Å². The molecule has 3 rings (SSSR count). The molecule has 5 N–H and O–H groups in total. The van der Waals surface area contributed by atoms with Crippen LogP contribution in [0.2, 0.25) is 0 Å². The van der Waals surface area contributed by atoms with Crippen molar-refractivity contribution < 1.29 is 24.9 Å². The first kappa shape index (κ1) is 25.9. The second-order valence-electron chi connectivity index (χ2n) is 10.6. The van der Waals surface area contributed by atoms with Gasteiger partial charge in [0.2, 0.25) is 17.7 Å². The van der Waals surface area contributed by atoms with E-state index in [1.807, 2.05) is 12.1 Å². The topological polar surface area (TPSA) is 123 Å². The molecule has 1 saturated heterocycles. The summed E-state index contributed by atoms with van der Waals surface area (Å²) in [5, 5.41) is 5.99. The normalized spacial score (nSPS) is 22.4. The van der Waals surface area contributed by atoms with E-state index in [4.69, 9.17) is 0 Å². The van der Waals surface area contributed by atoms with E-state index >= 15 is 0 Å². The zero-order valence-electron chi connectivity index (χ0n) is 20.9. The molecule has 1 saturated carbocycles. The number of hydrogen-bond acceptors (Lipinski definition) is 4. The van der Waals surface area contributed by atoms with Gasteiger partial charge in [-0.2, -0.15) is 0 Å². The summed E-state index contributed by atoms with van der Waals surface area (Å²) in [4.78, 5) is 51.8. The fourth-order valence-electron chi connectivity index (χ4n) is 4.76. The van der Waals surface area contributed by atoms with Crippen LogP contribution in [0.15, 0.2) is 24.3 Å². The van der Waals surface area contributed by atoms with Gasteiger partial charge in [0.05, 0.1) is 12.5 Å². The van der Waals surface area contributed by atoms with E-state index in [2.05, 4.69) is 37.1 Å². The fourth-order valence-corrected chi connectivity index (χ4v) is 4.76. The molecule has 34 heavy (non-hydrogen) atoms. The van der Waals surface area contributed by atoms with Crippen LogP contribution in [0.5, 0.6) is 0 Å². The Kier molecular flexibility index (Phi) is 8.13. The Morgan fingerprint density at radius 2 is 1.76 bits per heavy atom. The van der Waals surface area contributed by atoms with Gasteiger partial charge < -0.3 is 16.4 Å². The minimum atomic E-state index is -0.527. The van der Waals surface area contributed by atoms with E-state index in [0.717, 1.165) is 18.4 Å². The Morgan fingerprint density at radius 1 is 1.12 bits per heavy atom. The van der Waals surface area contributed by atoms with E-state index in [0.29, 0.717) is 37.9 Å². The average Bonchev–Trinajstić information content (AvgIpc) is 2.78. The van der Waals surface area contributed by atoms with Crippen molar-refractivity contribution >= 4 is 23.6 Å². The van der Waals surface area contributed by atoms with Gasteiger partial charge in [0.25, 0.3) is 5.91 Å². The number of imide groups is 1. The number of likely N-dealkylation sites (tertiary alicyclic amines) is 1. The molecule has 1 aromatic carbocycles. The number of benzene rings is 1. The smallest absolute Gasteiger partial charge is 0.251 e. The van der Waals surface area contributed by atoms with Crippen molar-refractivity contribution in [1.29, 1.82) is 0 Å².